The van der Waals surface area contributed by atoms with Crippen molar-refractivity contribution >= 4 is 27.5 Å². The Bertz CT molecular complexity index is 677. The van der Waals surface area contributed by atoms with Crippen LogP contribution in [0.4, 0.5) is 0 Å². The fraction of sp³-hybridized carbons (Fsp3) is 0.529. The normalized spacial score (nSPS) is 25.7. The van der Waals surface area contributed by atoms with Gasteiger partial charge in [-0.25, -0.2) is 4.98 Å². The number of carbonyl (C=O) groups is 1. The molecule has 0 aliphatic carbocycles. The third kappa shape index (κ3) is 2.63. The maximum atomic E-state index is 12.8. The highest BCUT2D eigenvalue weighted by atomic mass is 32.1. The van der Waals surface area contributed by atoms with Crippen LogP contribution in [0.3, 0.4) is 0 Å². The molecular weight excluding hydrogens is 294 g/mol. The Kier molecular flexibility index (Phi) is 3.84. The van der Waals surface area contributed by atoms with Crippen LogP contribution in [0.1, 0.15) is 29.6 Å². The molecular formula is C17H21N3OS. The number of amides is 1. The van der Waals surface area contributed by atoms with Crippen LogP contribution in [0.25, 0.3) is 10.2 Å². The van der Waals surface area contributed by atoms with Crippen LogP contribution < -0.4 is 5.32 Å². The molecule has 0 spiro atoms. The van der Waals surface area contributed by atoms with Gasteiger partial charge in [0.2, 0.25) is 0 Å². The fourth-order valence-corrected chi connectivity index (χ4v) is 4.55. The number of aromatic nitrogens is 1. The highest BCUT2D eigenvalue weighted by Gasteiger charge is 2.31. The van der Waals surface area contributed by atoms with Gasteiger partial charge in [0.05, 0.1) is 15.7 Å². The predicted molar refractivity (Wildman–Crippen MR) is 89.2 cm³/mol. The van der Waals surface area contributed by atoms with Crippen LogP contribution in [-0.4, -0.2) is 42.0 Å². The molecule has 116 valence electrons. The third-order valence-corrected chi connectivity index (χ3v) is 5.88. The topological polar surface area (TPSA) is 45.2 Å². The zero-order valence-electron chi connectivity index (χ0n) is 12.6. The molecule has 2 aliphatic rings. The van der Waals surface area contributed by atoms with E-state index in [0.717, 1.165) is 54.3 Å². The van der Waals surface area contributed by atoms with E-state index in [4.69, 9.17) is 0 Å². The summed E-state index contributed by atoms with van der Waals surface area (Å²) in [5.74, 6) is 1.60. The molecule has 1 aromatic heterocycles. The number of hydrogen-bond acceptors (Lipinski definition) is 4. The van der Waals surface area contributed by atoms with E-state index >= 15 is 0 Å². The number of piperidine rings is 1. The Morgan fingerprint density at radius 3 is 3.14 bits per heavy atom. The quantitative estimate of drug-likeness (QED) is 0.927. The highest BCUT2D eigenvalue weighted by molar-refractivity contribution is 7.16. The summed E-state index contributed by atoms with van der Waals surface area (Å²) in [4.78, 5) is 19.2. The van der Waals surface area contributed by atoms with Crippen LogP contribution in [-0.2, 0) is 0 Å². The Hall–Kier alpha value is -1.46. The lowest BCUT2D eigenvalue weighted by Gasteiger charge is -2.35. The summed E-state index contributed by atoms with van der Waals surface area (Å²) in [7, 11) is 0. The zero-order chi connectivity index (χ0) is 14.9. The average molecular weight is 315 g/mol. The SMILES string of the molecule is O=C(c1ccc2ncsc2c1)N1CCCC(C2CCNC2)C1. The smallest absolute Gasteiger partial charge is 0.253 e. The lowest BCUT2D eigenvalue weighted by atomic mass is 9.84. The van der Waals surface area contributed by atoms with Crippen molar-refractivity contribution in [2.24, 2.45) is 11.8 Å². The second kappa shape index (κ2) is 5.97. The summed E-state index contributed by atoms with van der Waals surface area (Å²) >= 11 is 1.60. The molecule has 0 bridgehead atoms. The summed E-state index contributed by atoms with van der Waals surface area (Å²) in [5.41, 5.74) is 3.63. The van der Waals surface area contributed by atoms with Crippen molar-refractivity contribution in [3.05, 3.63) is 29.3 Å². The molecule has 22 heavy (non-hydrogen) atoms. The number of benzene rings is 1. The van der Waals surface area contributed by atoms with E-state index in [2.05, 4.69) is 15.2 Å². The molecule has 2 atom stereocenters. The number of likely N-dealkylation sites (tertiary alicyclic amines) is 1. The molecule has 3 heterocycles. The van der Waals surface area contributed by atoms with Crippen molar-refractivity contribution in [3.8, 4) is 0 Å². The minimum Gasteiger partial charge on any atom is -0.338 e. The lowest BCUT2D eigenvalue weighted by Crippen LogP contribution is -2.42. The van der Waals surface area contributed by atoms with Gasteiger partial charge in [0.1, 0.15) is 0 Å². The van der Waals surface area contributed by atoms with Crippen molar-refractivity contribution in [1.82, 2.24) is 15.2 Å². The van der Waals surface area contributed by atoms with Gasteiger partial charge in [0.25, 0.3) is 5.91 Å². The average Bonchev–Trinajstić information content (AvgIpc) is 3.25. The van der Waals surface area contributed by atoms with Gasteiger partial charge in [-0.1, -0.05) is 0 Å². The van der Waals surface area contributed by atoms with E-state index < -0.39 is 0 Å². The first-order valence-corrected chi connectivity index (χ1v) is 9.02. The van der Waals surface area contributed by atoms with Crippen LogP contribution in [0.15, 0.2) is 23.7 Å². The van der Waals surface area contributed by atoms with Gasteiger partial charge < -0.3 is 10.2 Å². The second-order valence-corrected chi connectivity index (χ2v) is 7.33. The summed E-state index contributed by atoms with van der Waals surface area (Å²) in [6, 6.07) is 5.88. The van der Waals surface area contributed by atoms with E-state index in [9.17, 15) is 4.79 Å². The lowest BCUT2D eigenvalue weighted by molar-refractivity contribution is 0.0634. The predicted octanol–water partition coefficient (Wildman–Crippen LogP) is 2.76. The number of thiazole rings is 1. The largest absolute Gasteiger partial charge is 0.338 e. The summed E-state index contributed by atoms with van der Waals surface area (Å²) in [5, 5.41) is 3.45. The minimum absolute atomic E-state index is 0.186. The Labute approximate surface area is 134 Å². The molecule has 1 N–H and O–H groups in total. The Morgan fingerprint density at radius 2 is 2.27 bits per heavy atom. The summed E-state index contributed by atoms with van der Waals surface area (Å²) < 4.78 is 1.10. The van der Waals surface area contributed by atoms with Crippen LogP contribution in [0, 0.1) is 11.8 Å². The zero-order valence-corrected chi connectivity index (χ0v) is 13.4. The number of nitrogens with zero attached hydrogens (tertiary/aromatic N) is 2. The van der Waals surface area contributed by atoms with Gasteiger partial charge >= 0.3 is 0 Å². The monoisotopic (exact) mass is 315 g/mol. The van der Waals surface area contributed by atoms with Gasteiger partial charge in [-0.2, -0.15) is 0 Å². The van der Waals surface area contributed by atoms with Gasteiger partial charge in [-0.15, -0.1) is 11.3 Å². The van der Waals surface area contributed by atoms with Gasteiger partial charge in [-0.3, -0.25) is 4.79 Å². The molecule has 0 saturated carbocycles. The molecule has 2 unspecified atom stereocenters. The van der Waals surface area contributed by atoms with Crippen LogP contribution in [0.2, 0.25) is 0 Å². The van der Waals surface area contributed by atoms with Crippen molar-refractivity contribution in [3.63, 3.8) is 0 Å². The number of fused-ring (bicyclic) bond motifs is 1. The molecule has 2 aliphatic heterocycles. The molecule has 4 rings (SSSR count). The van der Waals surface area contributed by atoms with E-state index in [1.165, 1.54) is 12.8 Å². The first-order chi connectivity index (χ1) is 10.8. The maximum Gasteiger partial charge on any atom is 0.253 e. The van der Waals surface area contributed by atoms with Gasteiger partial charge in [0, 0.05) is 18.7 Å². The molecule has 0 radical (unpaired) electrons. The fourth-order valence-electron chi connectivity index (χ4n) is 3.83. The highest BCUT2D eigenvalue weighted by Crippen LogP contribution is 2.29. The van der Waals surface area contributed by atoms with E-state index in [1.54, 1.807) is 11.3 Å². The molecule has 2 saturated heterocycles. The summed E-state index contributed by atoms with van der Waals surface area (Å²) in [6.07, 6.45) is 3.67. The van der Waals surface area contributed by atoms with Crippen molar-refractivity contribution in [2.45, 2.75) is 19.3 Å². The molecule has 2 aromatic rings. The Morgan fingerprint density at radius 1 is 1.32 bits per heavy atom. The second-order valence-electron chi connectivity index (χ2n) is 6.44. The third-order valence-electron chi connectivity index (χ3n) is 5.09. The first kappa shape index (κ1) is 14.2. The van der Waals surface area contributed by atoms with Gasteiger partial charge in [0.15, 0.2) is 0 Å². The van der Waals surface area contributed by atoms with Crippen LogP contribution >= 0.6 is 11.3 Å². The molecule has 5 heteroatoms. The number of hydrogen-bond donors (Lipinski definition) is 1. The van der Waals surface area contributed by atoms with Crippen molar-refractivity contribution in [1.29, 1.82) is 0 Å². The summed E-state index contributed by atoms with van der Waals surface area (Å²) in [6.45, 7) is 4.08. The molecule has 1 amide bonds. The maximum absolute atomic E-state index is 12.8. The van der Waals surface area contributed by atoms with E-state index in [-0.39, 0.29) is 5.91 Å². The number of carbonyl (C=O) groups excluding carboxylic acids is 1. The Balaban J connectivity index is 1.51. The van der Waals surface area contributed by atoms with E-state index in [0.29, 0.717) is 5.92 Å². The first-order valence-electron chi connectivity index (χ1n) is 8.14. The number of nitrogens with one attached hydrogen (secondary N) is 1. The van der Waals surface area contributed by atoms with Crippen LogP contribution in [0.5, 0.6) is 0 Å². The molecule has 1 aromatic carbocycles. The van der Waals surface area contributed by atoms with E-state index in [1.807, 2.05) is 23.7 Å². The van der Waals surface area contributed by atoms with Gasteiger partial charge in [-0.05, 0) is 62.4 Å². The number of rotatable bonds is 2. The van der Waals surface area contributed by atoms with Crippen molar-refractivity contribution < 1.29 is 4.79 Å². The molecule has 2 fully saturated rings. The van der Waals surface area contributed by atoms with Crippen molar-refractivity contribution in [2.75, 3.05) is 26.2 Å². The molecule has 4 nitrogen and oxygen atoms in total. The minimum atomic E-state index is 0.186. The standard InChI is InChI=1S/C17H21N3OS/c21-17(12-3-4-15-16(8-12)22-11-19-15)20-7-1-2-14(10-20)13-5-6-18-9-13/h3-4,8,11,13-14,18H,1-2,5-7,9-10H2.